The van der Waals surface area contributed by atoms with Crippen molar-refractivity contribution >= 4 is 11.6 Å². The number of aryl methyl sites for hydroxylation is 1. The second-order valence-corrected chi connectivity index (χ2v) is 4.49. The quantitative estimate of drug-likeness (QED) is 0.862. The Morgan fingerprint density at radius 1 is 1.26 bits per heavy atom. The Labute approximate surface area is 116 Å². The lowest BCUT2D eigenvalue weighted by atomic mass is 10.1. The van der Waals surface area contributed by atoms with Gasteiger partial charge in [-0.15, -0.1) is 5.10 Å². The van der Waals surface area contributed by atoms with Crippen LogP contribution in [0.25, 0.3) is 0 Å². The molecule has 0 atom stereocenters. The van der Waals surface area contributed by atoms with Crippen molar-refractivity contribution in [2.24, 2.45) is 0 Å². The van der Waals surface area contributed by atoms with Crippen LogP contribution in [0.1, 0.15) is 22.4 Å². The highest BCUT2D eigenvalue weighted by atomic mass is 35.5. The molecule has 0 aliphatic heterocycles. The van der Waals surface area contributed by atoms with Gasteiger partial charge in [0.2, 0.25) is 0 Å². The van der Waals surface area contributed by atoms with Crippen LogP contribution in [0, 0.1) is 25.2 Å². The van der Waals surface area contributed by atoms with E-state index in [9.17, 15) is 0 Å². The summed E-state index contributed by atoms with van der Waals surface area (Å²) in [4.78, 5) is 0. The van der Waals surface area contributed by atoms with Crippen molar-refractivity contribution in [2.75, 3.05) is 0 Å². The first-order valence-electron chi connectivity index (χ1n) is 5.73. The van der Waals surface area contributed by atoms with E-state index in [0.29, 0.717) is 10.6 Å². The summed E-state index contributed by atoms with van der Waals surface area (Å²) in [5.74, 6) is 0.241. The zero-order valence-corrected chi connectivity index (χ0v) is 11.4. The third-order valence-corrected chi connectivity index (χ3v) is 3.23. The molecule has 1 aromatic heterocycles. The molecule has 0 aliphatic carbocycles. The van der Waals surface area contributed by atoms with Crippen LogP contribution in [0.2, 0.25) is 5.02 Å². The fourth-order valence-corrected chi connectivity index (χ4v) is 1.77. The van der Waals surface area contributed by atoms with Crippen molar-refractivity contribution in [3.63, 3.8) is 0 Å². The van der Waals surface area contributed by atoms with Crippen molar-refractivity contribution in [2.45, 2.75) is 20.5 Å². The summed E-state index contributed by atoms with van der Waals surface area (Å²) in [6, 6.07) is 9.47. The molecule has 0 bridgehead atoms. The molecule has 1 heterocycles. The second kappa shape index (κ2) is 5.68. The standard InChI is InChI=1S/C14H12ClN3O/c1-9-10(2)17-18-14(12(9)7-16)19-8-11-5-3-4-6-13(11)15/h3-6H,8H2,1-2H3. The second-order valence-electron chi connectivity index (χ2n) is 4.08. The minimum atomic E-state index is 0.241. The van der Waals surface area contributed by atoms with E-state index in [2.05, 4.69) is 16.3 Å². The van der Waals surface area contributed by atoms with Crippen molar-refractivity contribution in [1.29, 1.82) is 5.26 Å². The predicted octanol–water partition coefficient (Wildman–Crippen LogP) is 3.20. The lowest BCUT2D eigenvalue weighted by Gasteiger charge is -2.09. The van der Waals surface area contributed by atoms with Gasteiger partial charge >= 0.3 is 0 Å². The zero-order chi connectivity index (χ0) is 13.8. The van der Waals surface area contributed by atoms with E-state index in [1.54, 1.807) is 13.0 Å². The molecule has 1 aromatic carbocycles. The fourth-order valence-electron chi connectivity index (χ4n) is 1.58. The van der Waals surface area contributed by atoms with Crippen LogP contribution in [0.15, 0.2) is 24.3 Å². The Balaban J connectivity index is 2.24. The van der Waals surface area contributed by atoms with Gasteiger partial charge in [0.1, 0.15) is 18.2 Å². The predicted molar refractivity (Wildman–Crippen MR) is 72.0 cm³/mol. The van der Waals surface area contributed by atoms with Gasteiger partial charge in [0.15, 0.2) is 0 Å². The Morgan fingerprint density at radius 3 is 2.68 bits per heavy atom. The van der Waals surface area contributed by atoms with Gasteiger partial charge in [-0.05, 0) is 25.5 Å². The molecule has 0 spiro atoms. The molecule has 19 heavy (non-hydrogen) atoms. The number of halogens is 1. The molecule has 0 fully saturated rings. The molecule has 0 amide bonds. The highest BCUT2D eigenvalue weighted by Gasteiger charge is 2.12. The molecule has 2 rings (SSSR count). The van der Waals surface area contributed by atoms with Gasteiger partial charge in [0.25, 0.3) is 5.88 Å². The van der Waals surface area contributed by atoms with Gasteiger partial charge in [0, 0.05) is 10.6 Å². The number of rotatable bonds is 3. The zero-order valence-electron chi connectivity index (χ0n) is 10.6. The van der Waals surface area contributed by atoms with Gasteiger partial charge in [0.05, 0.1) is 5.69 Å². The maximum atomic E-state index is 9.15. The minimum Gasteiger partial charge on any atom is -0.471 e. The van der Waals surface area contributed by atoms with E-state index in [1.165, 1.54) is 0 Å². The topological polar surface area (TPSA) is 58.8 Å². The van der Waals surface area contributed by atoms with Crippen LogP contribution in [-0.2, 0) is 6.61 Å². The normalized spacial score (nSPS) is 10.0. The Kier molecular flexibility index (Phi) is 3.98. The number of benzene rings is 1. The Morgan fingerprint density at radius 2 is 2.00 bits per heavy atom. The van der Waals surface area contributed by atoms with Crippen molar-refractivity contribution in [3.8, 4) is 11.9 Å². The van der Waals surface area contributed by atoms with Crippen molar-refractivity contribution < 1.29 is 4.74 Å². The smallest absolute Gasteiger partial charge is 0.252 e. The summed E-state index contributed by atoms with van der Waals surface area (Å²) in [7, 11) is 0. The largest absolute Gasteiger partial charge is 0.471 e. The lowest BCUT2D eigenvalue weighted by molar-refractivity contribution is 0.288. The average molecular weight is 274 g/mol. The van der Waals surface area contributed by atoms with E-state index >= 15 is 0 Å². The van der Waals surface area contributed by atoms with Crippen molar-refractivity contribution in [3.05, 3.63) is 51.7 Å². The van der Waals surface area contributed by atoms with E-state index in [4.69, 9.17) is 21.6 Å². The first kappa shape index (κ1) is 13.3. The third kappa shape index (κ3) is 2.83. The van der Waals surface area contributed by atoms with Crippen LogP contribution >= 0.6 is 11.6 Å². The molecule has 0 saturated carbocycles. The summed E-state index contributed by atoms with van der Waals surface area (Å²) < 4.78 is 5.55. The summed E-state index contributed by atoms with van der Waals surface area (Å²) in [5.41, 5.74) is 2.76. The van der Waals surface area contributed by atoms with Crippen LogP contribution in [0.3, 0.4) is 0 Å². The summed E-state index contributed by atoms with van der Waals surface area (Å²) in [6.07, 6.45) is 0. The molecule has 0 radical (unpaired) electrons. The monoisotopic (exact) mass is 273 g/mol. The number of nitriles is 1. The number of hydrogen-bond donors (Lipinski definition) is 0. The number of hydrogen-bond acceptors (Lipinski definition) is 4. The van der Waals surface area contributed by atoms with Gasteiger partial charge in [-0.25, -0.2) is 0 Å². The molecule has 0 saturated heterocycles. The average Bonchev–Trinajstić information content (AvgIpc) is 2.41. The molecule has 0 aliphatic rings. The fraction of sp³-hybridized carbons (Fsp3) is 0.214. The van der Waals surface area contributed by atoms with Crippen LogP contribution in [0.4, 0.5) is 0 Å². The highest BCUT2D eigenvalue weighted by molar-refractivity contribution is 6.31. The van der Waals surface area contributed by atoms with Crippen LogP contribution in [0.5, 0.6) is 5.88 Å². The van der Waals surface area contributed by atoms with Gasteiger partial charge in [-0.2, -0.15) is 10.4 Å². The summed E-state index contributed by atoms with van der Waals surface area (Å²) in [5, 5.41) is 17.7. The Bertz CT molecular complexity index is 650. The number of aromatic nitrogens is 2. The molecule has 4 nitrogen and oxygen atoms in total. The van der Waals surface area contributed by atoms with Crippen molar-refractivity contribution in [1.82, 2.24) is 10.2 Å². The molecule has 96 valence electrons. The molecule has 2 aromatic rings. The number of nitrogens with zero attached hydrogens (tertiary/aromatic N) is 3. The molecule has 5 heteroatoms. The molecular weight excluding hydrogens is 262 g/mol. The molecular formula is C14H12ClN3O. The first-order chi connectivity index (χ1) is 9.13. The van der Waals surface area contributed by atoms with E-state index < -0.39 is 0 Å². The maximum absolute atomic E-state index is 9.15. The number of ether oxygens (including phenoxy) is 1. The van der Waals surface area contributed by atoms with Gasteiger partial charge in [-0.3, -0.25) is 0 Å². The van der Waals surface area contributed by atoms with Crippen LogP contribution < -0.4 is 4.74 Å². The van der Waals surface area contributed by atoms with Gasteiger partial charge < -0.3 is 4.74 Å². The highest BCUT2D eigenvalue weighted by Crippen LogP contribution is 2.22. The van der Waals surface area contributed by atoms with E-state index in [-0.39, 0.29) is 12.5 Å². The minimum absolute atomic E-state index is 0.241. The van der Waals surface area contributed by atoms with E-state index in [0.717, 1.165) is 16.8 Å². The first-order valence-corrected chi connectivity index (χ1v) is 6.11. The Hall–Kier alpha value is -2.12. The summed E-state index contributed by atoms with van der Waals surface area (Å²) in [6.45, 7) is 3.89. The maximum Gasteiger partial charge on any atom is 0.252 e. The van der Waals surface area contributed by atoms with Gasteiger partial charge in [-0.1, -0.05) is 29.8 Å². The SMILES string of the molecule is Cc1nnc(OCc2ccccc2Cl)c(C#N)c1C. The lowest BCUT2D eigenvalue weighted by Crippen LogP contribution is -2.04. The van der Waals surface area contributed by atoms with Crippen LogP contribution in [-0.4, -0.2) is 10.2 Å². The molecule has 0 N–H and O–H groups in total. The summed E-state index contributed by atoms with van der Waals surface area (Å²) >= 11 is 6.04. The molecule has 0 unspecified atom stereocenters. The third-order valence-electron chi connectivity index (χ3n) is 2.86. The van der Waals surface area contributed by atoms with E-state index in [1.807, 2.05) is 25.1 Å².